The Morgan fingerprint density at radius 2 is 1.37 bits per heavy atom. The van der Waals surface area contributed by atoms with Gasteiger partial charge >= 0.3 is 0 Å². The van der Waals surface area contributed by atoms with Gasteiger partial charge in [-0.3, -0.25) is 0 Å². The van der Waals surface area contributed by atoms with Gasteiger partial charge in [-0.2, -0.15) is 0 Å². The van der Waals surface area contributed by atoms with Crippen molar-refractivity contribution in [1.82, 2.24) is 4.72 Å². The van der Waals surface area contributed by atoms with Crippen LogP contribution >= 0.6 is 0 Å². The normalized spacial score (nSPS) is 14.9. The highest BCUT2D eigenvalue weighted by Gasteiger charge is 2.48. The van der Waals surface area contributed by atoms with E-state index in [1.807, 2.05) is 20.8 Å². The lowest BCUT2D eigenvalue weighted by Crippen LogP contribution is -2.72. The molecule has 0 aliphatic carbocycles. The summed E-state index contributed by atoms with van der Waals surface area (Å²) in [5, 5.41) is 2.84. The van der Waals surface area contributed by atoms with Crippen LogP contribution in [0.25, 0.3) is 0 Å². The topological polar surface area (TPSA) is 29.1 Å². The van der Waals surface area contributed by atoms with Crippen molar-refractivity contribution in [1.29, 1.82) is 0 Å². The van der Waals surface area contributed by atoms with Gasteiger partial charge in [-0.1, -0.05) is 98.2 Å². The van der Waals surface area contributed by atoms with E-state index in [2.05, 4.69) is 86.2 Å². The van der Waals surface area contributed by atoms with Gasteiger partial charge in [0, 0.05) is 5.67 Å². The van der Waals surface area contributed by atoms with Gasteiger partial charge in [0.15, 0.2) is 0 Å². The van der Waals surface area contributed by atoms with Gasteiger partial charge in [0.05, 0.1) is 15.7 Å². The van der Waals surface area contributed by atoms with E-state index in [9.17, 15) is 4.21 Å². The summed E-state index contributed by atoms with van der Waals surface area (Å²) in [6.45, 7) is 13.0. The molecule has 0 heterocycles. The van der Waals surface area contributed by atoms with Gasteiger partial charge in [-0.05, 0) is 32.7 Å². The summed E-state index contributed by atoms with van der Waals surface area (Å²) in [4.78, 5) is 0. The largest absolute Gasteiger partial charge is 0.242 e. The molecule has 0 aliphatic rings. The van der Waals surface area contributed by atoms with E-state index in [4.69, 9.17) is 0 Å². The van der Waals surface area contributed by atoms with Gasteiger partial charge in [-0.15, -0.1) is 0 Å². The lowest BCUT2D eigenvalue weighted by molar-refractivity contribution is 0.611. The van der Waals surface area contributed by atoms with E-state index in [1.165, 1.54) is 10.4 Å². The molecule has 2 aromatic carbocycles. The van der Waals surface area contributed by atoms with Crippen LogP contribution in [-0.4, -0.2) is 22.7 Å². The van der Waals surface area contributed by atoms with Crippen molar-refractivity contribution < 1.29 is 4.21 Å². The predicted octanol–water partition coefficient (Wildman–Crippen LogP) is 4.42. The van der Waals surface area contributed by atoms with Crippen molar-refractivity contribution in [3.05, 3.63) is 60.7 Å². The van der Waals surface area contributed by atoms with Gasteiger partial charge in [0.2, 0.25) is 0 Å². The second-order valence-corrected chi connectivity index (χ2v) is 15.3. The Balaban J connectivity index is 2.70. The molecule has 0 bridgehead atoms. The molecule has 2 rings (SSSR count). The average Bonchev–Trinajstić information content (AvgIpc) is 2.63. The minimum atomic E-state index is -2.22. The van der Waals surface area contributed by atoms with Crippen molar-refractivity contribution in [2.45, 2.75) is 70.3 Å². The molecule has 0 fully saturated rings. The zero-order chi connectivity index (χ0) is 20.1. The number of rotatable bonds is 8. The lowest BCUT2D eigenvalue weighted by Gasteiger charge is -2.44. The third kappa shape index (κ3) is 4.79. The molecule has 0 saturated heterocycles. The predicted molar refractivity (Wildman–Crippen MR) is 123 cm³/mol. The summed E-state index contributed by atoms with van der Waals surface area (Å²) in [5.41, 5.74) is 0.690. The minimum absolute atomic E-state index is 0.215. The molecule has 1 unspecified atom stereocenters. The molecule has 27 heavy (non-hydrogen) atoms. The average molecular weight is 402 g/mol. The Hall–Kier alpha value is -1.23. The van der Waals surface area contributed by atoms with Crippen LogP contribution < -0.4 is 15.1 Å². The van der Waals surface area contributed by atoms with E-state index in [0.717, 1.165) is 12.8 Å². The first-order valence-corrected chi connectivity index (χ1v) is 13.3. The maximum Gasteiger partial charge on any atom is 0.138 e. The molecule has 148 valence electrons. The molecule has 2 atom stereocenters. The monoisotopic (exact) mass is 401 g/mol. The van der Waals surface area contributed by atoms with Crippen molar-refractivity contribution in [3.63, 3.8) is 0 Å². The molecule has 0 saturated carbocycles. The number of nitrogens with one attached hydrogen (secondary N) is 1. The van der Waals surface area contributed by atoms with Gasteiger partial charge in [0.25, 0.3) is 0 Å². The Bertz CT molecular complexity index is 686. The Morgan fingerprint density at radius 3 is 1.70 bits per heavy atom. The van der Waals surface area contributed by atoms with Gasteiger partial charge < -0.3 is 0 Å². The van der Waals surface area contributed by atoms with Crippen LogP contribution in [0.2, 0.25) is 5.54 Å². The third-order valence-corrected chi connectivity index (χ3v) is 13.1. The van der Waals surface area contributed by atoms with E-state index >= 15 is 0 Å². The molecule has 1 N–H and O–H groups in total. The van der Waals surface area contributed by atoms with E-state index in [-0.39, 0.29) is 10.4 Å². The fourth-order valence-electron chi connectivity index (χ4n) is 4.04. The van der Waals surface area contributed by atoms with E-state index < -0.39 is 19.1 Å². The molecular weight excluding hydrogens is 366 g/mol. The molecule has 0 aliphatic heterocycles. The number of benzene rings is 2. The SMILES string of the molecule is CCC[C@H](NS(=O)C(C)(C)C)[Si](c1ccccc1)(c1ccccc1)C(C)C. The van der Waals surface area contributed by atoms with Crippen LogP contribution in [0.5, 0.6) is 0 Å². The number of hydrogen-bond acceptors (Lipinski definition) is 1. The van der Waals surface area contributed by atoms with Crippen LogP contribution in [0.15, 0.2) is 60.7 Å². The Morgan fingerprint density at radius 1 is 0.926 bits per heavy atom. The third-order valence-electron chi connectivity index (χ3n) is 5.35. The summed E-state index contributed by atoms with van der Waals surface area (Å²) in [5.74, 6) is 0. The highest BCUT2D eigenvalue weighted by Crippen LogP contribution is 2.28. The smallest absolute Gasteiger partial charge is 0.138 e. The zero-order valence-electron chi connectivity index (χ0n) is 17.7. The summed E-state index contributed by atoms with van der Waals surface area (Å²) < 4.78 is 16.4. The molecule has 4 heteroatoms. The second-order valence-electron chi connectivity index (χ2n) is 8.60. The van der Waals surface area contributed by atoms with Gasteiger partial charge in [0.1, 0.15) is 8.07 Å². The maximum absolute atomic E-state index is 13.1. The fraction of sp³-hybridized carbons (Fsp3) is 0.478. The highest BCUT2D eigenvalue weighted by molar-refractivity contribution is 7.84. The number of hydrogen-bond donors (Lipinski definition) is 1. The standard InChI is InChI=1S/C23H35NOSSi/c1-7-14-22(24-26(25)23(4,5)6)27(19(2)3,20-15-10-8-11-16-20)21-17-12-9-13-18-21/h8-13,15-19,22,24H,7,14H2,1-6H3/t22-,26?/m1/s1. The van der Waals surface area contributed by atoms with E-state index in [0.29, 0.717) is 5.54 Å². The Labute approximate surface area is 169 Å². The van der Waals surface area contributed by atoms with Crippen molar-refractivity contribution in [2.75, 3.05) is 0 Å². The molecule has 0 amide bonds. The zero-order valence-corrected chi connectivity index (χ0v) is 19.5. The van der Waals surface area contributed by atoms with Crippen LogP contribution in [0.4, 0.5) is 0 Å². The van der Waals surface area contributed by atoms with E-state index in [1.54, 1.807) is 0 Å². The summed E-state index contributed by atoms with van der Waals surface area (Å²) in [6, 6.07) is 21.9. The quantitative estimate of drug-likeness (QED) is 0.652. The van der Waals surface area contributed by atoms with Crippen LogP contribution in [-0.2, 0) is 11.0 Å². The van der Waals surface area contributed by atoms with Crippen molar-refractivity contribution in [2.24, 2.45) is 0 Å². The van der Waals surface area contributed by atoms with Gasteiger partial charge in [-0.25, -0.2) is 8.93 Å². The first-order valence-electron chi connectivity index (χ1n) is 10.0. The minimum Gasteiger partial charge on any atom is -0.242 e. The molecule has 2 nitrogen and oxygen atoms in total. The molecule has 0 spiro atoms. The van der Waals surface area contributed by atoms with Crippen LogP contribution in [0.3, 0.4) is 0 Å². The fourth-order valence-corrected chi connectivity index (χ4v) is 11.3. The first-order chi connectivity index (χ1) is 12.7. The maximum atomic E-state index is 13.1. The van der Waals surface area contributed by atoms with Crippen molar-refractivity contribution in [3.8, 4) is 0 Å². The molecule has 0 aromatic heterocycles. The lowest BCUT2D eigenvalue weighted by atomic mass is 10.3. The second kappa shape index (κ2) is 9.31. The summed E-state index contributed by atoms with van der Waals surface area (Å²) >= 11 is 0. The van der Waals surface area contributed by atoms with Crippen LogP contribution in [0.1, 0.15) is 54.4 Å². The summed E-state index contributed by atoms with van der Waals surface area (Å²) in [7, 11) is -3.32. The molecule has 2 aromatic rings. The molecular formula is C23H35NOSSi. The summed E-state index contributed by atoms with van der Waals surface area (Å²) in [6.07, 6.45) is 2.09. The van der Waals surface area contributed by atoms with Crippen molar-refractivity contribution >= 4 is 29.4 Å². The first kappa shape index (κ1) is 22.1. The molecule has 0 radical (unpaired) electrons. The van der Waals surface area contributed by atoms with Crippen LogP contribution in [0, 0.1) is 0 Å². The Kier molecular flexibility index (Phi) is 7.61. The highest BCUT2D eigenvalue weighted by atomic mass is 32.2.